The molecule has 30 heavy (non-hydrogen) atoms. The van der Waals surface area contributed by atoms with E-state index < -0.39 is 0 Å². The zero-order chi connectivity index (χ0) is 21.7. The molecule has 0 atom stereocenters. The maximum Gasteiger partial charge on any atom is 0.252 e. The number of hydrogen-bond donors (Lipinski definition) is 3. The maximum absolute atomic E-state index is 12.5. The molecule has 2 amide bonds. The number of fused-ring (bicyclic) bond motifs is 1. The lowest BCUT2D eigenvalue weighted by molar-refractivity contribution is -0.115. The highest BCUT2D eigenvalue weighted by atomic mass is 35.5. The molecule has 0 fully saturated rings. The Bertz CT molecular complexity index is 1060. The Morgan fingerprint density at radius 1 is 1.20 bits per heavy atom. The second-order valence-electron chi connectivity index (χ2n) is 7.38. The largest absolute Gasteiger partial charge is 0.361 e. The predicted octanol–water partition coefficient (Wildman–Crippen LogP) is 3.99. The highest BCUT2D eigenvalue weighted by Crippen LogP contribution is 2.24. The normalized spacial score (nSPS) is 11.1. The van der Waals surface area contributed by atoms with Gasteiger partial charge < -0.3 is 20.5 Å². The summed E-state index contributed by atoms with van der Waals surface area (Å²) in [5.41, 5.74) is 4.03. The molecule has 0 saturated heterocycles. The van der Waals surface area contributed by atoms with Gasteiger partial charge in [-0.25, -0.2) is 0 Å². The number of aryl methyl sites for hydroxylation is 1. The number of carbonyl (C=O) groups is 2. The van der Waals surface area contributed by atoms with E-state index >= 15 is 0 Å². The first-order valence-electron chi connectivity index (χ1n) is 10.0. The van der Waals surface area contributed by atoms with Gasteiger partial charge in [-0.15, -0.1) is 0 Å². The Morgan fingerprint density at radius 2 is 2.00 bits per heavy atom. The van der Waals surface area contributed by atoms with Crippen molar-refractivity contribution in [1.82, 2.24) is 15.2 Å². The molecular weight excluding hydrogens is 400 g/mol. The number of likely N-dealkylation sites (N-methyl/N-ethyl adjacent to an activating group) is 1. The van der Waals surface area contributed by atoms with Crippen molar-refractivity contribution in [1.29, 1.82) is 0 Å². The number of rotatable bonds is 8. The van der Waals surface area contributed by atoms with Crippen molar-refractivity contribution in [3.8, 4) is 0 Å². The van der Waals surface area contributed by atoms with Gasteiger partial charge in [0.25, 0.3) is 5.91 Å². The van der Waals surface area contributed by atoms with Gasteiger partial charge in [-0.2, -0.15) is 0 Å². The van der Waals surface area contributed by atoms with Gasteiger partial charge >= 0.3 is 0 Å². The van der Waals surface area contributed by atoms with Crippen molar-refractivity contribution < 1.29 is 9.59 Å². The molecule has 0 aliphatic rings. The third-order valence-corrected chi connectivity index (χ3v) is 5.48. The van der Waals surface area contributed by atoms with E-state index in [2.05, 4.69) is 27.4 Å². The molecule has 0 aliphatic carbocycles. The van der Waals surface area contributed by atoms with Crippen molar-refractivity contribution in [2.75, 3.05) is 32.0 Å². The molecule has 2 aromatic carbocycles. The lowest BCUT2D eigenvalue weighted by atomic mass is 10.1. The number of aromatic nitrogens is 1. The summed E-state index contributed by atoms with van der Waals surface area (Å²) < 4.78 is 0. The number of benzene rings is 2. The molecule has 0 bridgehead atoms. The van der Waals surface area contributed by atoms with E-state index in [-0.39, 0.29) is 18.2 Å². The number of anilines is 1. The number of halogens is 1. The van der Waals surface area contributed by atoms with Gasteiger partial charge in [0.15, 0.2) is 0 Å². The second kappa shape index (κ2) is 9.78. The fourth-order valence-electron chi connectivity index (χ4n) is 3.36. The first-order chi connectivity index (χ1) is 14.4. The standard InChI is InChI=1S/C23H27ClN4O2/c1-4-28(3)11-10-25-23(30)18-9-8-17(13-19(18)24)27-21(29)12-16-14-26-20-7-5-6-15(2)22(16)20/h5-9,13-14,26H,4,10-12H2,1-3H3,(H,25,30)(H,27,29). The lowest BCUT2D eigenvalue weighted by Crippen LogP contribution is -2.33. The van der Waals surface area contributed by atoms with E-state index in [1.165, 1.54) is 0 Å². The molecule has 158 valence electrons. The van der Waals surface area contributed by atoms with Crippen LogP contribution in [0.1, 0.15) is 28.4 Å². The summed E-state index contributed by atoms with van der Waals surface area (Å²) in [5, 5.41) is 7.10. The SMILES string of the molecule is CCN(C)CCNC(=O)c1ccc(NC(=O)Cc2c[nH]c3cccc(C)c23)cc1Cl. The molecular formula is C23H27ClN4O2. The molecule has 6 nitrogen and oxygen atoms in total. The van der Waals surface area contributed by atoms with E-state index in [1.807, 2.05) is 38.4 Å². The topological polar surface area (TPSA) is 77.2 Å². The highest BCUT2D eigenvalue weighted by Gasteiger charge is 2.14. The Balaban J connectivity index is 1.62. The van der Waals surface area contributed by atoms with E-state index in [0.29, 0.717) is 22.8 Å². The molecule has 7 heteroatoms. The summed E-state index contributed by atoms with van der Waals surface area (Å²) >= 11 is 6.29. The molecule has 0 saturated carbocycles. The maximum atomic E-state index is 12.5. The van der Waals surface area contributed by atoms with Gasteiger partial charge in [0.05, 0.1) is 17.0 Å². The van der Waals surface area contributed by atoms with E-state index in [0.717, 1.165) is 35.1 Å². The number of carbonyl (C=O) groups excluding carboxylic acids is 2. The van der Waals surface area contributed by atoms with Crippen LogP contribution in [0.4, 0.5) is 5.69 Å². The van der Waals surface area contributed by atoms with Crippen LogP contribution in [0.2, 0.25) is 5.02 Å². The monoisotopic (exact) mass is 426 g/mol. The Morgan fingerprint density at radius 3 is 2.73 bits per heavy atom. The van der Waals surface area contributed by atoms with Gasteiger partial charge in [0.1, 0.15) is 0 Å². The molecule has 0 unspecified atom stereocenters. The quantitative estimate of drug-likeness (QED) is 0.509. The van der Waals surface area contributed by atoms with Gasteiger partial charge in [-0.05, 0) is 55.9 Å². The minimum Gasteiger partial charge on any atom is -0.361 e. The molecule has 0 spiro atoms. The van der Waals surface area contributed by atoms with E-state index in [9.17, 15) is 9.59 Å². The van der Waals surface area contributed by atoms with Crippen molar-refractivity contribution >= 4 is 40.0 Å². The summed E-state index contributed by atoms with van der Waals surface area (Å²) in [6.45, 7) is 6.32. The van der Waals surface area contributed by atoms with Crippen LogP contribution in [-0.2, 0) is 11.2 Å². The van der Waals surface area contributed by atoms with Crippen molar-refractivity contribution in [2.24, 2.45) is 0 Å². The summed E-state index contributed by atoms with van der Waals surface area (Å²) in [6, 6.07) is 10.9. The first-order valence-corrected chi connectivity index (χ1v) is 10.4. The van der Waals surface area contributed by atoms with Gasteiger partial charge in [0.2, 0.25) is 5.91 Å². The molecule has 3 rings (SSSR count). The van der Waals surface area contributed by atoms with Crippen molar-refractivity contribution in [3.05, 3.63) is 64.3 Å². The van der Waals surface area contributed by atoms with E-state index in [4.69, 9.17) is 11.6 Å². The van der Waals surface area contributed by atoms with Crippen LogP contribution in [0.3, 0.4) is 0 Å². The van der Waals surface area contributed by atoms with E-state index in [1.54, 1.807) is 18.2 Å². The van der Waals surface area contributed by atoms with Crippen LogP contribution < -0.4 is 10.6 Å². The zero-order valence-corrected chi connectivity index (χ0v) is 18.3. The molecule has 1 heterocycles. The average molecular weight is 427 g/mol. The Hall–Kier alpha value is -2.83. The summed E-state index contributed by atoms with van der Waals surface area (Å²) in [4.78, 5) is 30.2. The van der Waals surface area contributed by atoms with Crippen LogP contribution >= 0.6 is 11.6 Å². The van der Waals surface area contributed by atoms with Crippen LogP contribution in [-0.4, -0.2) is 48.4 Å². The number of amides is 2. The molecule has 3 N–H and O–H groups in total. The van der Waals surface area contributed by atoms with Crippen LogP contribution in [0.5, 0.6) is 0 Å². The molecule has 0 radical (unpaired) electrons. The summed E-state index contributed by atoms with van der Waals surface area (Å²) in [5.74, 6) is -0.369. The van der Waals surface area contributed by atoms with Crippen molar-refractivity contribution in [2.45, 2.75) is 20.3 Å². The van der Waals surface area contributed by atoms with Crippen LogP contribution in [0, 0.1) is 6.92 Å². The molecule has 0 aliphatic heterocycles. The second-order valence-corrected chi connectivity index (χ2v) is 7.79. The lowest BCUT2D eigenvalue weighted by Gasteiger charge is -2.14. The number of nitrogens with one attached hydrogen (secondary N) is 3. The Kier molecular flexibility index (Phi) is 7.13. The molecule has 3 aromatic rings. The summed E-state index contributed by atoms with van der Waals surface area (Å²) in [6.07, 6.45) is 2.11. The smallest absolute Gasteiger partial charge is 0.252 e. The number of nitrogens with zero attached hydrogens (tertiary/aromatic N) is 1. The fraction of sp³-hybridized carbons (Fsp3) is 0.304. The number of H-pyrrole nitrogens is 1. The van der Waals surface area contributed by atoms with Gasteiger partial charge in [-0.3, -0.25) is 9.59 Å². The highest BCUT2D eigenvalue weighted by molar-refractivity contribution is 6.34. The minimum atomic E-state index is -0.225. The van der Waals surface area contributed by atoms with Gasteiger partial charge in [0, 0.05) is 35.9 Å². The van der Waals surface area contributed by atoms with Crippen molar-refractivity contribution in [3.63, 3.8) is 0 Å². The van der Waals surface area contributed by atoms with Crippen LogP contribution in [0.25, 0.3) is 10.9 Å². The molecule has 1 aromatic heterocycles. The zero-order valence-electron chi connectivity index (χ0n) is 17.5. The Labute approximate surface area is 181 Å². The third kappa shape index (κ3) is 5.20. The first kappa shape index (κ1) is 21.9. The number of hydrogen-bond acceptors (Lipinski definition) is 3. The average Bonchev–Trinajstić information content (AvgIpc) is 3.11. The fourth-order valence-corrected chi connectivity index (χ4v) is 3.63. The predicted molar refractivity (Wildman–Crippen MR) is 122 cm³/mol. The van der Waals surface area contributed by atoms with Gasteiger partial charge in [-0.1, -0.05) is 30.7 Å². The summed E-state index contributed by atoms with van der Waals surface area (Å²) in [7, 11) is 1.99. The number of aromatic amines is 1. The minimum absolute atomic E-state index is 0.143. The van der Waals surface area contributed by atoms with Crippen LogP contribution in [0.15, 0.2) is 42.6 Å². The third-order valence-electron chi connectivity index (χ3n) is 5.16.